The first-order valence-electron chi connectivity index (χ1n) is 10.8. The van der Waals surface area contributed by atoms with Gasteiger partial charge in [-0.05, 0) is 52.2 Å². The Morgan fingerprint density at radius 2 is 2.13 bits per heavy atom. The molecule has 1 aliphatic heterocycles. The SMILES string of the molecule is CC=C1C(=NC(=C(C)CC)c2scnc2-c2ccn[nH]2)N(C(C)C)C(CC)C(=O)N1C. The lowest BCUT2D eigenvalue weighted by molar-refractivity contribution is -0.134. The summed E-state index contributed by atoms with van der Waals surface area (Å²) in [4.78, 5) is 27.8. The van der Waals surface area contributed by atoms with Crippen LogP contribution in [0.2, 0.25) is 0 Å². The molecule has 3 heterocycles. The van der Waals surface area contributed by atoms with E-state index in [0.717, 1.165) is 46.3 Å². The van der Waals surface area contributed by atoms with Crippen molar-refractivity contribution in [3.8, 4) is 11.4 Å². The third kappa shape index (κ3) is 4.21. The summed E-state index contributed by atoms with van der Waals surface area (Å²) in [7, 11) is 1.84. The number of hydrogen-bond donors (Lipinski definition) is 1. The van der Waals surface area contributed by atoms with Crippen LogP contribution in [0.5, 0.6) is 0 Å². The van der Waals surface area contributed by atoms with Gasteiger partial charge in [0.2, 0.25) is 5.91 Å². The predicted molar refractivity (Wildman–Crippen MR) is 128 cm³/mol. The number of nitrogens with zero attached hydrogens (tertiary/aromatic N) is 5. The molecule has 1 N–H and O–H groups in total. The fourth-order valence-electron chi connectivity index (χ4n) is 3.91. The predicted octanol–water partition coefficient (Wildman–Crippen LogP) is 4.94. The van der Waals surface area contributed by atoms with Gasteiger partial charge in [0, 0.05) is 19.3 Å². The number of aromatic amines is 1. The van der Waals surface area contributed by atoms with Crippen molar-refractivity contribution in [1.82, 2.24) is 25.0 Å². The molecule has 1 saturated heterocycles. The Hall–Kier alpha value is -2.74. The average molecular weight is 441 g/mol. The van der Waals surface area contributed by atoms with Gasteiger partial charge >= 0.3 is 0 Å². The molecule has 2 aromatic heterocycles. The first-order chi connectivity index (χ1) is 14.8. The van der Waals surface area contributed by atoms with Crippen LogP contribution >= 0.6 is 11.3 Å². The number of aromatic nitrogens is 3. The van der Waals surface area contributed by atoms with E-state index in [4.69, 9.17) is 4.99 Å². The number of H-pyrrole nitrogens is 1. The van der Waals surface area contributed by atoms with Crippen molar-refractivity contribution < 1.29 is 4.79 Å². The van der Waals surface area contributed by atoms with E-state index in [0.29, 0.717) is 0 Å². The molecule has 0 aliphatic carbocycles. The first-order valence-corrected chi connectivity index (χ1v) is 11.7. The van der Waals surface area contributed by atoms with E-state index < -0.39 is 0 Å². The maximum absolute atomic E-state index is 13.1. The topological polar surface area (TPSA) is 77.5 Å². The molecule has 0 saturated carbocycles. The number of hydrogen-bond acceptors (Lipinski definition) is 5. The zero-order valence-corrected chi connectivity index (χ0v) is 20.2. The highest BCUT2D eigenvalue weighted by Gasteiger charge is 2.40. The number of carbonyl (C=O) groups excluding carboxylic acids is 1. The van der Waals surface area contributed by atoms with Crippen LogP contribution in [0.1, 0.15) is 59.3 Å². The van der Waals surface area contributed by atoms with E-state index in [1.165, 1.54) is 5.57 Å². The molecule has 0 aromatic carbocycles. The van der Waals surface area contributed by atoms with Gasteiger partial charge in [0.15, 0.2) is 5.84 Å². The lowest BCUT2D eigenvalue weighted by Crippen LogP contribution is -2.59. The number of likely N-dealkylation sites (N-methyl/N-ethyl adjacent to an activating group) is 1. The zero-order chi connectivity index (χ0) is 22.7. The number of carbonyl (C=O) groups is 1. The van der Waals surface area contributed by atoms with E-state index in [1.54, 1.807) is 22.4 Å². The van der Waals surface area contributed by atoms with E-state index in [1.807, 2.05) is 31.6 Å². The molecule has 166 valence electrons. The quantitative estimate of drug-likeness (QED) is 0.690. The zero-order valence-electron chi connectivity index (χ0n) is 19.4. The van der Waals surface area contributed by atoms with E-state index >= 15 is 0 Å². The molecule has 0 radical (unpaired) electrons. The number of thiazole rings is 1. The van der Waals surface area contributed by atoms with Crippen LogP contribution in [-0.2, 0) is 4.79 Å². The third-order valence-electron chi connectivity index (χ3n) is 5.69. The molecule has 2 aromatic rings. The Kier molecular flexibility index (Phi) is 7.10. The maximum atomic E-state index is 13.1. The van der Waals surface area contributed by atoms with E-state index in [9.17, 15) is 4.79 Å². The van der Waals surface area contributed by atoms with Gasteiger partial charge in [0.05, 0.1) is 27.5 Å². The lowest BCUT2D eigenvalue weighted by atomic mass is 10.0. The fourth-order valence-corrected chi connectivity index (χ4v) is 4.78. The van der Waals surface area contributed by atoms with Crippen LogP contribution < -0.4 is 0 Å². The molecular formula is C23H32N6OS. The molecule has 1 fully saturated rings. The van der Waals surface area contributed by atoms with Crippen molar-refractivity contribution in [2.24, 2.45) is 4.99 Å². The Morgan fingerprint density at radius 3 is 2.68 bits per heavy atom. The van der Waals surface area contributed by atoms with E-state index in [-0.39, 0.29) is 18.0 Å². The normalized spacial score (nSPS) is 20.9. The van der Waals surface area contributed by atoms with Gasteiger partial charge in [-0.3, -0.25) is 9.89 Å². The second-order valence-corrected chi connectivity index (χ2v) is 8.77. The summed E-state index contributed by atoms with van der Waals surface area (Å²) in [5.74, 6) is 0.940. The molecule has 1 amide bonds. The van der Waals surface area contributed by atoms with Gasteiger partial charge < -0.3 is 9.80 Å². The minimum absolute atomic E-state index is 0.108. The van der Waals surface area contributed by atoms with Crippen molar-refractivity contribution >= 4 is 28.8 Å². The number of amidine groups is 1. The Labute approximate surface area is 188 Å². The van der Waals surface area contributed by atoms with Gasteiger partial charge in [-0.15, -0.1) is 11.3 Å². The van der Waals surface area contributed by atoms with Gasteiger partial charge in [-0.2, -0.15) is 5.10 Å². The fraction of sp³-hybridized carbons (Fsp3) is 0.478. The second kappa shape index (κ2) is 9.60. The number of allylic oxidation sites excluding steroid dienone is 2. The molecule has 8 heteroatoms. The molecule has 0 bridgehead atoms. The molecule has 1 atom stereocenters. The number of amides is 1. The van der Waals surface area contributed by atoms with Crippen LogP contribution in [0.3, 0.4) is 0 Å². The second-order valence-electron chi connectivity index (χ2n) is 7.91. The Balaban J connectivity index is 2.24. The maximum Gasteiger partial charge on any atom is 0.249 e. The van der Waals surface area contributed by atoms with Crippen molar-refractivity contribution in [1.29, 1.82) is 0 Å². The van der Waals surface area contributed by atoms with E-state index in [2.05, 4.69) is 54.7 Å². The van der Waals surface area contributed by atoms with Crippen LogP contribution in [0.15, 0.2) is 40.1 Å². The highest BCUT2D eigenvalue weighted by atomic mass is 32.1. The van der Waals surface area contributed by atoms with Crippen molar-refractivity contribution in [3.05, 3.63) is 40.0 Å². The first kappa shape index (κ1) is 22.9. The summed E-state index contributed by atoms with van der Waals surface area (Å²) >= 11 is 1.57. The molecule has 7 nitrogen and oxygen atoms in total. The molecule has 0 spiro atoms. The highest BCUT2D eigenvalue weighted by Crippen LogP contribution is 2.35. The van der Waals surface area contributed by atoms with Crippen LogP contribution in [-0.4, -0.2) is 55.9 Å². The molecular weight excluding hydrogens is 408 g/mol. The van der Waals surface area contributed by atoms with Crippen molar-refractivity contribution in [3.63, 3.8) is 0 Å². The average Bonchev–Trinajstić information content (AvgIpc) is 3.44. The standard InChI is InChI=1S/C23H32N6OS/c1-8-15(6)19(21-20(24-13-31-21)16-11-12-25-27-16)26-22-17(9-2)28(7)23(30)18(10-3)29(22)14(4)5/h9,11-14,18H,8,10H2,1-7H3,(H,25,27). The summed E-state index contributed by atoms with van der Waals surface area (Å²) in [6.07, 6.45) is 5.29. The lowest BCUT2D eigenvalue weighted by Gasteiger charge is -2.44. The van der Waals surface area contributed by atoms with Crippen molar-refractivity contribution in [2.75, 3.05) is 7.05 Å². The summed E-state index contributed by atoms with van der Waals surface area (Å²) in [6, 6.07) is 1.82. The largest absolute Gasteiger partial charge is 0.340 e. The molecule has 31 heavy (non-hydrogen) atoms. The van der Waals surface area contributed by atoms with Crippen LogP contribution in [0.4, 0.5) is 0 Å². The van der Waals surface area contributed by atoms with Crippen LogP contribution in [0, 0.1) is 0 Å². The summed E-state index contributed by atoms with van der Waals surface area (Å²) in [5.41, 5.74) is 6.47. The Bertz CT molecular complexity index is 1010. The summed E-state index contributed by atoms with van der Waals surface area (Å²) in [6.45, 7) is 12.5. The van der Waals surface area contributed by atoms with Crippen molar-refractivity contribution in [2.45, 2.75) is 66.5 Å². The summed E-state index contributed by atoms with van der Waals surface area (Å²) < 4.78 is 0. The minimum atomic E-state index is -0.232. The molecule has 3 rings (SSSR count). The molecule has 1 aliphatic rings. The van der Waals surface area contributed by atoms with Gasteiger partial charge in [-0.25, -0.2) is 9.98 Å². The van der Waals surface area contributed by atoms with Crippen LogP contribution in [0.25, 0.3) is 17.1 Å². The number of nitrogens with one attached hydrogen (secondary N) is 1. The Morgan fingerprint density at radius 1 is 1.39 bits per heavy atom. The highest BCUT2D eigenvalue weighted by molar-refractivity contribution is 7.11. The number of piperazine rings is 1. The number of aliphatic imine (C=N–C) groups is 1. The molecule has 1 unspecified atom stereocenters. The third-order valence-corrected chi connectivity index (χ3v) is 6.53. The number of rotatable bonds is 6. The van der Waals surface area contributed by atoms with Gasteiger partial charge in [0.1, 0.15) is 11.7 Å². The minimum Gasteiger partial charge on any atom is -0.340 e. The monoisotopic (exact) mass is 440 g/mol. The smallest absolute Gasteiger partial charge is 0.249 e. The van der Waals surface area contributed by atoms with Gasteiger partial charge in [0.25, 0.3) is 0 Å². The summed E-state index contributed by atoms with van der Waals surface area (Å²) in [5, 5.41) is 7.11. The van der Waals surface area contributed by atoms with Gasteiger partial charge in [-0.1, -0.05) is 19.9 Å².